The van der Waals surface area contributed by atoms with Crippen molar-refractivity contribution in [2.45, 2.75) is 24.2 Å². The molecule has 1 fully saturated rings. The number of hydrogen-bond acceptors (Lipinski definition) is 4. The van der Waals surface area contributed by atoms with Crippen LogP contribution in [0, 0.1) is 0 Å². The lowest BCUT2D eigenvalue weighted by atomic mass is 10.2. The maximum atomic E-state index is 10.1. The highest BCUT2D eigenvalue weighted by atomic mass is 127. The molecule has 0 spiro atoms. The van der Waals surface area contributed by atoms with Crippen LogP contribution in [-0.4, -0.2) is 42.2 Å². The summed E-state index contributed by atoms with van der Waals surface area (Å²) >= 11 is 9.28. The maximum Gasteiger partial charge on any atom is 0.191 e. The molecule has 0 saturated carbocycles. The maximum absolute atomic E-state index is 10.1. The van der Waals surface area contributed by atoms with E-state index in [-0.39, 0.29) is 24.0 Å². The fourth-order valence-electron chi connectivity index (χ4n) is 2.04. The summed E-state index contributed by atoms with van der Waals surface area (Å²) < 4.78 is 0.694. The molecule has 2 atom stereocenters. The molecule has 0 aromatic carbocycles. The monoisotopic (exact) mass is 461 g/mol. The molecule has 2 rings (SSSR count). The molecule has 1 aliphatic rings. The van der Waals surface area contributed by atoms with Crippen molar-refractivity contribution in [3.05, 3.63) is 21.3 Å². The second kappa shape index (κ2) is 10.1. The molecule has 3 N–H and O–H groups in total. The summed E-state index contributed by atoms with van der Waals surface area (Å²) in [5.74, 6) is 2.00. The largest absolute Gasteiger partial charge is 0.386 e. The summed E-state index contributed by atoms with van der Waals surface area (Å²) in [4.78, 5) is 5.04. The number of hydrogen-bond donors (Lipinski definition) is 3. The number of nitrogens with one attached hydrogen (secondary N) is 2. The molecular weight excluding hydrogens is 441 g/mol. The molecule has 4 nitrogen and oxygen atoms in total. The van der Waals surface area contributed by atoms with Crippen molar-refractivity contribution in [1.29, 1.82) is 0 Å². The average Bonchev–Trinajstić information content (AvgIpc) is 3.10. The Morgan fingerprint density at radius 2 is 2.33 bits per heavy atom. The van der Waals surface area contributed by atoms with Crippen molar-refractivity contribution in [3.63, 3.8) is 0 Å². The van der Waals surface area contributed by atoms with E-state index in [4.69, 9.17) is 11.6 Å². The van der Waals surface area contributed by atoms with Crippen molar-refractivity contribution >= 4 is 64.6 Å². The van der Waals surface area contributed by atoms with E-state index < -0.39 is 6.10 Å². The van der Waals surface area contributed by atoms with Gasteiger partial charge in [-0.05, 0) is 30.7 Å². The Labute approximate surface area is 156 Å². The minimum absolute atomic E-state index is 0. The topological polar surface area (TPSA) is 56.7 Å². The predicted octanol–water partition coefficient (Wildman–Crippen LogP) is 3.11. The number of thiophene rings is 1. The van der Waals surface area contributed by atoms with Gasteiger partial charge in [0.25, 0.3) is 0 Å². The Bertz CT molecular complexity index is 452. The van der Waals surface area contributed by atoms with Gasteiger partial charge in [-0.3, -0.25) is 4.99 Å². The summed E-state index contributed by atoms with van der Waals surface area (Å²) in [6.07, 6.45) is 2.01. The first-order valence-electron chi connectivity index (χ1n) is 6.68. The Hall–Kier alpha value is 0.300. The van der Waals surface area contributed by atoms with E-state index in [2.05, 4.69) is 15.6 Å². The second-order valence-corrected chi connectivity index (χ2v) is 7.78. The number of thioether (sulfide) groups is 1. The summed E-state index contributed by atoms with van der Waals surface area (Å²) in [5.41, 5.74) is 0. The Balaban J connectivity index is 0.00000220. The number of halogens is 2. The normalized spacial score (nSPS) is 20.0. The first kappa shape index (κ1) is 19.3. The summed E-state index contributed by atoms with van der Waals surface area (Å²) in [5, 5.41) is 17.2. The number of aliphatic hydroxyl groups excluding tert-OH is 1. The lowest BCUT2D eigenvalue weighted by Crippen LogP contribution is -2.41. The molecule has 0 amide bonds. The van der Waals surface area contributed by atoms with Crippen LogP contribution in [0.4, 0.5) is 0 Å². The van der Waals surface area contributed by atoms with Crippen LogP contribution in [0.1, 0.15) is 23.8 Å². The van der Waals surface area contributed by atoms with Crippen LogP contribution in [0.2, 0.25) is 4.34 Å². The van der Waals surface area contributed by atoms with Gasteiger partial charge < -0.3 is 15.7 Å². The van der Waals surface area contributed by atoms with Gasteiger partial charge in [0.1, 0.15) is 6.10 Å². The quantitative estimate of drug-likeness (QED) is 0.358. The smallest absolute Gasteiger partial charge is 0.191 e. The van der Waals surface area contributed by atoms with Gasteiger partial charge in [0.05, 0.1) is 4.34 Å². The van der Waals surface area contributed by atoms with Crippen molar-refractivity contribution in [2.75, 3.05) is 25.9 Å². The van der Waals surface area contributed by atoms with Gasteiger partial charge in [0.2, 0.25) is 0 Å². The third kappa shape index (κ3) is 6.52. The first-order valence-corrected chi connectivity index (χ1v) is 8.93. The molecule has 1 aromatic rings. The van der Waals surface area contributed by atoms with E-state index >= 15 is 0 Å². The summed E-state index contributed by atoms with van der Waals surface area (Å²) in [7, 11) is 1.74. The van der Waals surface area contributed by atoms with E-state index in [0.29, 0.717) is 16.1 Å². The highest BCUT2D eigenvalue weighted by Gasteiger charge is 2.16. The molecule has 0 radical (unpaired) electrons. The summed E-state index contributed by atoms with van der Waals surface area (Å²) in [6, 6.07) is 3.65. The zero-order valence-electron chi connectivity index (χ0n) is 11.8. The highest BCUT2D eigenvalue weighted by molar-refractivity contribution is 14.0. The Morgan fingerprint density at radius 3 is 2.90 bits per heavy atom. The number of aliphatic imine (C=N–C) groups is 1. The predicted molar refractivity (Wildman–Crippen MR) is 105 cm³/mol. The summed E-state index contributed by atoms with van der Waals surface area (Å²) in [6.45, 7) is 1.35. The van der Waals surface area contributed by atoms with Crippen molar-refractivity contribution in [3.8, 4) is 0 Å². The van der Waals surface area contributed by atoms with E-state index in [1.165, 1.54) is 29.9 Å². The molecule has 8 heteroatoms. The van der Waals surface area contributed by atoms with Crippen LogP contribution in [0.25, 0.3) is 0 Å². The SMILES string of the molecule is CN=C(NCC1CCCS1)NCC(O)c1ccc(Cl)s1.I. The number of rotatable bonds is 5. The van der Waals surface area contributed by atoms with Crippen LogP contribution < -0.4 is 10.6 Å². The highest BCUT2D eigenvalue weighted by Crippen LogP contribution is 2.26. The van der Waals surface area contributed by atoms with E-state index in [0.717, 1.165) is 17.4 Å². The molecule has 21 heavy (non-hydrogen) atoms. The number of aliphatic hydroxyl groups is 1. The molecule has 120 valence electrons. The molecular formula is C13H21ClIN3OS2. The second-order valence-electron chi connectivity index (χ2n) is 4.63. The van der Waals surface area contributed by atoms with Gasteiger partial charge in [-0.2, -0.15) is 11.8 Å². The van der Waals surface area contributed by atoms with Gasteiger partial charge in [-0.1, -0.05) is 11.6 Å². The molecule has 2 unspecified atom stereocenters. The van der Waals surface area contributed by atoms with Crippen LogP contribution in [0.3, 0.4) is 0 Å². The third-order valence-corrected chi connectivity index (χ3v) is 5.86. The van der Waals surface area contributed by atoms with Gasteiger partial charge in [0, 0.05) is 30.3 Å². The zero-order chi connectivity index (χ0) is 14.4. The molecule has 1 aliphatic heterocycles. The van der Waals surface area contributed by atoms with Gasteiger partial charge in [0.15, 0.2) is 5.96 Å². The van der Waals surface area contributed by atoms with E-state index in [1.807, 2.05) is 17.8 Å². The van der Waals surface area contributed by atoms with E-state index in [1.54, 1.807) is 13.1 Å². The van der Waals surface area contributed by atoms with Crippen LogP contribution in [0.15, 0.2) is 17.1 Å². The number of nitrogens with zero attached hydrogens (tertiary/aromatic N) is 1. The molecule has 1 aromatic heterocycles. The Kier molecular flexibility index (Phi) is 9.35. The lowest BCUT2D eigenvalue weighted by molar-refractivity contribution is 0.184. The van der Waals surface area contributed by atoms with Gasteiger partial charge in [-0.15, -0.1) is 35.3 Å². The Morgan fingerprint density at radius 1 is 1.52 bits per heavy atom. The lowest BCUT2D eigenvalue weighted by Gasteiger charge is -2.16. The molecule has 1 saturated heterocycles. The standard InChI is InChI=1S/C13H20ClN3OS2.HI/c1-15-13(16-7-9-3-2-6-19-9)17-8-10(18)11-4-5-12(14)20-11;/h4-5,9-10,18H,2-3,6-8H2,1H3,(H2,15,16,17);1H. The molecule has 0 aliphatic carbocycles. The van der Waals surface area contributed by atoms with Crippen molar-refractivity contribution < 1.29 is 5.11 Å². The first-order chi connectivity index (χ1) is 9.69. The fourth-order valence-corrected chi connectivity index (χ4v) is 4.29. The van der Waals surface area contributed by atoms with Crippen molar-refractivity contribution in [1.82, 2.24) is 10.6 Å². The minimum Gasteiger partial charge on any atom is -0.386 e. The van der Waals surface area contributed by atoms with Gasteiger partial charge >= 0.3 is 0 Å². The van der Waals surface area contributed by atoms with Crippen LogP contribution >= 0.6 is 58.7 Å². The molecule has 2 heterocycles. The number of guanidine groups is 1. The van der Waals surface area contributed by atoms with Crippen molar-refractivity contribution in [2.24, 2.45) is 4.99 Å². The fraction of sp³-hybridized carbons (Fsp3) is 0.615. The average molecular weight is 462 g/mol. The minimum atomic E-state index is -0.563. The van der Waals surface area contributed by atoms with E-state index in [9.17, 15) is 5.11 Å². The van der Waals surface area contributed by atoms with Crippen LogP contribution in [0.5, 0.6) is 0 Å². The molecule has 0 bridgehead atoms. The van der Waals surface area contributed by atoms with Crippen LogP contribution in [-0.2, 0) is 0 Å². The van der Waals surface area contributed by atoms with Gasteiger partial charge in [-0.25, -0.2) is 0 Å². The zero-order valence-corrected chi connectivity index (χ0v) is 16.6. The third-order valence-electron chi connectivity index (χ3n) is 3.13.